The largest absolute Gasteiger partial charge is 0.369 e. The minimum atomic E-state index is 0.0322. The lowest BCUT2D eigenvalue weighted by atomic mass is 10.0. The molecule has 1 aliphatic rings. The minimum Gasteiger partial charge on any atom is -0.369 e. The maximum Gasteiger partial charge on any atom is 0.253 e. The number of carbonyl (C=O) groups excluding carboxylic acids is 1. The molecule has 0 spiro atoms. The van der Waals surface area contributed by atoms with Gasteiger partial charge in [0.1, 0.15) is 11.0 Å². The second-order valence-corrected chi connectivity index (χ2v) is 6.52. The van der Waals surface area contributed by atoms with Crippen LogP contribution in [-0.4, -0.2) is 52.4 Å². The van der Waals surface area contributed by atoms with Crippen LogP contribution in [0.1, 0.15) is 23.2 Å². The van der Waals surface area contributed by atoms with E-state index in [9.17, 15) is 4.79 Å². The molecule has 2 aromatic carbocycles. The van der Waals surface area contributed by atoms with E-state index in [1.54, 1.807) is 6.07 Å². The molecule has 6 nitrogen and oxygen atoms in total. The first-order valence-electron chi connectivity index (χ1n) is 8.60. The van der Waals surface area contributed by atoms with Gasteiger partial charge in [-0.3, -0.25) is 4.79 Å². The molecular formula is C19H21N5O. The van der Waals surface area contributed by atoms with Crippen molar-refractivity contribution in [3.05, 3.63) is 54.1 Å². The number of likely N-dealkylation sites (N-methyl/N-ethyl adjacent to an activating group) is 1. The van der Waals surface area contributed by atoms with Gasteiger partial charge in [-0.05, 0) is 43.2 Å². The fourth-order valence-corrected chi connectivity index (χ4v) is 3.49. The molecule has 6 heteroatoms. The van der Waals surface area contributed by atoms with Crippen LogP contribution in [0.4, 0.5) is 5.69 Å². The molecular weight excluding hydrogens is 314 g/mol. The molecule has 2 heterocycles. The van der Waals surface area contributed by atoms with Crippen LogP contribution in [0, 0.1) is 0 Å². The van der Waals surface area contributed by atoms with Gasteiger partial charge in [0.05, 0.1) is 0 Å². The Labute approximate surface area is 146 Å². The van der Waals surface area contributed by atoms with Gasteiger partial charge in [0.15, 0.2) is 0 Å². The van der Waals surface area contributed by atoms with E-state index >= 15 is 0 Å². The van der Waals surface area contributed by atoms with Crippen LogP contribution in [0.25, 0.3) is 11.0 Å². The molecule has 1 aliphatic heterocycles. The van der Waals surface area contributed by atoms with E-state index in [1.165, 1.54) is 5.69 Å². The highest BCUT2D eigenvalue weighted by Crippen LogP contribution is 2.23. The molecule has 0 bridgehead atoms. The highest BCUT2D eigenvalue weighted by molar-refractivity contribution is 5.97. The number of benzene rings is 2. The summed E-state index contributed by atoms with van der Waals surface area (Å²) in [4.78, 5) is 17.1. The van der Waals surface area contributed by atoms with Crippen LogP contribution in [0.5, 0.6) is 0 Å². The number of amides is 1. The Kier molecular flexibility index (Phi) is 4.09. The van der Waals surface area contributed by atoms with Crippen molar-refractivity contribution >= 4 is 22.6 Å². The summed E-state index contributed by atoms with van der Waals surface area (Å²) < 4.78 is 0. The predicted molar refractivity (Wildman–Crippen MR) is 97.7 cm³/mol. The van der Waals surface area contributed by atoms with E-state index in [0.717, 1.165) is 31.4 Å². The average molecular weight is 335 g/mol. The fourth-order valence-electron chi connectivity index (χ4n) is 3.49. The highest BCUT2D eigenvalue weighted by Gasteiger charge is 2.27. The summed E-state index contributed by atoms with van der Waals surface area (Å²) in [5.41, 5.74) is 3.36. The summed E-state index contributed by atoms with van der Waals surface area (Å²) in [5, 5.41) is 10.7. The zero-order valence-electron chi connectivity index (χ0n) is 14.2. The van der Waals surface area contributed by atoms with E-state index in [-0.39, 0.29) is 11.9 Å². The number of piperidine rings is 1. The van der Waals surface area contributed by atoms with E-state index in [0.29, 0.717) is 11.1 Å². The number of hydrogen-bond acceptors (Lipinski definition) is 4. The molecule has 3 aromatic rings. The van der Waals surface area contributed by atoms with Crippen molar-refractivity contribution in [3.8, 4) is 0 Å². The van der Waals surface area contributed by atoms with Gasteiger partial charge in [-0.2, -0.15) is 15.4 Å². The van der Waals surface area contributed by atoms with Gasteiger partial charge in [0.25, 0.3) is 5.91 Å². The molecule has 25 heavy (non-hydrogen) atoms. The Morgan fingerprint density at radius 1 is 1.16 bits per heavy atom. The summed E-state index contributed by atoms with van der Waals surface area (Å²) in [6.07, 6.45) is 2.11. The van der Waals surface area contributed by atoms with Crippen LogP contribution >= 0.6 is 0 Å². The van der Waals surface area contributed by atoms with Gasteiger partial charge in [-0.1, -0.05) is 18.2 Å². The average Bonchev–Trinajstić information content (AvgIpc) is 3.15. The molecule has 1 saturated heterocycles. The van der Waals surface area contributed by atoms with Gasteiger partial charge in [0, 0.05) is 37.4 Å². The maximum absolute atomic E-state index is 12.9. The normalized spacial score (nSPS) is 17.6. The summed E-state index contributed by atoms with van der Waals surface area (Å²) in [5.74, 6) is 0.0322. The summed E-state index contributed by atoms with van der Waals surface area (Å²) in [7, 11) is 1.90. The first-order chi connectivity index (χ1) is 12.2. The van der Waals surface area contributed by atoms with Crippen LogP contribution in [-0.2, 0) is 0 Å². The number of anilines is 1. The summed E-state index contributed by atoms with van der Waals surface area (Å²) >= 11 is 0. The Morgan fingerprint density at radius 2 is 1.96 bits per heavy atom. The van der Waals surface area contributed by atoms with E-state index < -0.39 is 0 Å². The standard InChI is InChI=1S/C19H21N5O/c1-23(19(25)14-9-10-17-18(12-14)21-22-20-17)16-8-5-11-24(13-16)15-6-3-2-4-7-15/h2-4,6-7,9-10,12,16H,5,8,11,13H2,1H3,(H,20,21,22). The number of para-hydroxylation sites is 1. The summed E-state index contributed by atoms with van der Waals surface area (Å²) in [6.45, 7) is 1.89. The molecule has 1 fully saturated rings. The first kappa shape index (κ1) is 15.6. The third kappa shape index (κ3) is 3.07. The fraction of sp³-hybridized carbons (Fsp3) is 0.316. The lowest BCUT2D eigenvalue weighted by Crippen LogP contribution is -2.48. The van der Waals surface area contributed by atoms with Crippen molar-refractivity contribution in [1.29, 1.82) is 0 Å². The number of nitrogens with one attached hydrogen (secondary N) is 1. The Balaban J connectivity index is 1.51. The lowest BCUT2D eigenvalue weighted by molar-refractivity contribution is 0.0717. The molecule has 1 N–H and O–H groups in total. The van der Waals surface area contributed by atoms with Crippen LogP contribution in [0.15, 0.2) is 48.5 Å². The minimum absolute atomic E-state index is 0.0322. The van der Waals surface area contributed by atoms with Crippen LogP contribution in [0.3, 0.4) is 0 Å². The zero-order chi connectivity index (χ0) is 17.2. The maximum atomic E-state index is 12.9. The van der Waals surface area contributed by atoms with Gasteiger partial charge >= 0.3 is 0 Å². The number of rotatable bonds is 3. The predicted octanol–water partition coefficient (Wildman–Crippen LogP) is 2.70. The monoisotopic (exact) mass is 335 g/mol. The molecule has 128 valence electrons. The summed E-state index contributed by atoms with van der Waals surface area (Å²) in [6, 6.07) is 16.1. The molecule has 1 aromatic heterocycles. The second-order valence-electron chi connectivity index (χ2n) is 6.52. The smallest absolute Gasteiger partial charge is 0.253 e. The van der Waals surface area contributed by atoms with Gasteiger partial charge in [0.2, 0.25) is 0 Å². The van der Waals surface area contributed by atoms with E-state index in [1.807, 2.05) is 30.1 Å². The first-order valence-corrected chi connectivity index (χ1v) is 8.60. The van der Waals surface area contributed by atoms with Gasteiger partial charge in [-0.15, -0.1) is 0 Å². The molecule has 1 unspecified atom stereocenters. The van der Waals surface area contributed by atoms with Crippen molar-refractivity contribution in [3.63, 3.8) is 0 Å². The van der Waals surface area contributed by atoms with E-state index in [4.69, 9.17) is 0 Å². The quantitative estimate of drug-likeness (QED) is 0.799. The van der Waals surface area contributed by atoms with Crippen molar-refractivity contribution in [2.24, 2.45) is 0 Å². The number of nitrogens with zero attached hydrogens (tertiary/aromatic N) is 4. The molecule has 1 amide bonds. The number of carbonyl (C=O) groups is 1. The topological polar surface area (TPSA) is 65.1 Å². The highest BCUT2D eigenvalue weighted by atomic mass is 16.2. The number of H-pyrrole nitrogens is 1. The zero-order valence-corrected chi connectivity index (χ0v) is 14.2. The van der Waals surface area contributed by atoms with Crippen LogP contribution < -0.4 is 4.90 Å². The Morgan fingerprint density at radius 3 is 2.80 bits per heavy atom. The van der Waals surface area contributed by atoms with Crippen molar-refractivity contribution < 1.29 is 4.79 Å². The second kappa shape index (κ2) is 6.55. The SMILES string of the molecule is CN(C(=O)c1ccc2n[nH]nc2c1)C1CCCN(c2ccccc2)C1. The van der Waals surface area contributed by atoms with Gasteiger partial charge in [-0.25, -0.2) is 0 Å². The van der Waals surface area contributed by atoms with Crippen molar-refractivity contribution in [1.82, 2.24) is 20.3 Å². The lowest BCUT2D eigenvalue weighted by Gasteiger charge is -2.38. The van der Waals surface area contributed by atoms with Crippen molar-refractivity contribution in [2.45, 2.75) is 18.9 Å². The van der Waals surface area contributed by atoms with E-state index in [2.05, 4.69) is 44.6 Å². The van der Waals surface area contributed by atoms with Crippen LogP contribution in [0.2, 0.25) is 0 Å². The molecule has 0 saturated carbocycles. The molecule has 4 rings (SSSR count). The number of fused-ring (bicyclic) bond motifs is 1. The molecule has 0 aliphatic carbocycles. The molecule has 0 radical (unpaired) electrons. The number of aromatic amines is 1. The van der Waals surface area contributed by atoms with Gasteiger partial charge < -0.3 is 9.80 Å². The number of aromatic nitrogens is 3. The Bertz CT molecular complexity index is 876. The van der Waals surface area contributed by atoms with Crippen molar-refractivity contribution in [2.75, 3.05) is 25.0 Å². The third-order valence-corrected chi connectivity index (χ3v) is 4.95. The number of hydrogen-bond donors (Lipinski definition) is 1. The Hall–Kier alpha value is -2.89. The molecule has 1 atom stereocenters. The third-order valence-electron chi connectivity index (χ3n) is 4.95.